The molecule has 0 saturated heterocycles. The number of benzene rings is 2. The molecule has 120 valence electrons. The van der Waals surface area contributed by atoms with Crippen molar-refractivity contribution in [1.29, 1.82) is 0 Å². The molecule has 0 unspecified atom stereocenters. The number of halogens is 2. The Labute approximate surface area is 134 Å². The Morgan fingerprint density at radius 2 is 1.74 bits per heavy atom. The van der Waals surface area contributed by atoms with E-state index in [0.29, 0.717) is 18.8 Å². The van der Waals surface area contributed by atoms with Crippen molar-refractivity contribution in [2.45, 2.75) is 13.3 Å². The lowest BCUT2D eigenvalue weighted by atomic mass is 9.99. The predicted molar refractivity (Wildman–Crippen MR) is 86.4 cm³/mol. The summed E-state index contributed by atoms with van der Waals surface area (Å²) in [5, 5.41) is 0. The molecule has 0 aromatic heterocycles. The van der Waals surface area contributed by atoms with Crippen LogP contribution in [-0.2, 0) is 4.74 Å². The average molecular weight is 316 g/mol. The van der Waals surface area contributed by atoms with Crippen LogP contribution in [0.3, 0.4) is 0 Å². The molecular weight excluding hydrogens is 298 g/mol. The lowest BCUT2D eigenvalue weighted by molar-refractivity contribution is 0.164. The molecule has 0 N–H and O–H groups in total. The zero-order valence-electron chi connectivity index (χ0n) is 12.9. The maximum atomic E-state index is 14.2. The molecule has 2 nitrogen and oxygen atoms in total. The van der Waals surface area contributed by atoms with Crippen molar-refractivity contribution >= 4 is 5.57 Å². The van der Waals surface area contributed by atoms with Crippen molar-refractivity contribution in [2.24, 2.45) is 0 Å². The van der Waals surface area contributed by atoms with E-state index in [1.807, 2.05) is 12.1 Å². The highest BCUT2D eigenvalue weighted by atomic mass is 19.2. The Bertz CT molecular complexity index is 721. The monoisotopic (exact) mass is 316 g/mol. The molecule has 0 bridgehead atoms. The van der Waals surface area contributed by atoms with Gasteiger partial charge in [-0.2, -0.15) is 4.39 Å². The van der Waals surface area contributed by atoms with Crippen molar-refractivity contribution in [1.82, 2.24) is 0 Å². The second-order valence-electron chi connectivity index (χ2n) is 5.32. The molecule has 2 aromatic rings. The van der Waals surface area contributed by atoms with Crippen LogP contribution in [0, 0.1) is 11.6 Å². The van der Waals surface area contributed by atoms with Crippen LogP contribution in [0.2, 0.25) is 0 Å². The Balaban J connectivity index is 1.90. The van der Waals surface area contributed by atoms with Crippen LogP contribution in [-0.4, -0.2) is 19.8 Å². The Morgan fingerprint density at radius 1 is 1.00 bits per heavy atom. The van der Waals surface area contributed by atoms with E-state index in [4.69, 9.17) is 9.47 Å². The molecule has 0 aliphatic carbocycles. The van der Waals surface area contributed by atoms with Crippen molar-refractivity contribution in [3.05, 3.63) is 59.7 Å². The summed E-state index contributed by atoms with van der Waals surface area (Å²) in [5.41, 5.74) is 3.03. The van der Waals surface area contributed by atoms with E-state index in [9.17, 15) is 8.78 Å². The highest BCUT2D eigenvalue weighted by molar-refractivity contribution is 5.71. The van der Waals surface area contributed by atoms with Crippen LogP contribution >= 0.6 is 0 Å². The molecule has 1 aliphatic rings. The van der Waals surface area contributed by atoms with Crippen LogP contribution in [0.4, 0.5) is 8.78 Å². The molecule has 1 aliphatic heterocycles. The average Bonchev–Trinajstić information content (AvgIpc) is 2.60. The zero-order valence-corrected chi connectivity index (χ0v) is 12.9. The van der Waals surface area contributed by atoms with Gasteiger partial charge in [-0.05, 0) is 42.2 Å². The number of rotatable bonds is 4. The second-order valence-corrected chi connectivity index (χ2v) is 5.32. The largest absolute Gasteiger partial charge is 0.491 e. The van der Waals surface area contributed by atoms with E-state index >= 15 is 0 Å². The van der Waals surface area contributed by atoms with Gasteiger partial charge in [0.1, 0.15) is 0 Å². The van der Waals surface area contributed by atoms with E-state index in [0.717, 1.165) is 24.2 Å². The van der Waals surface area contributed by atoms with Crippen LogP contribution in [0.25, 0.3) is 16.7 Å². The summed E-state index contributed by atoms with van der Waals surface area (Å²) >= 11 is 0. The van der Waals surface area contributed by atoms with Crippen molar-refractivity contribution in [3.63, 3.8) is 0 Å². The Morgan fingerprint density at radius 3 is 2.39 bits per heavy atom. The number of ether oxygens (including phenoxy) is 2. The summed E-state index contributed by atoms with van der Waals surface area (Å²) in [6.07, 6.45) is 3.05. The third-order valence-electron chi connectivity index (χ3n) is 3.82. The van der Waals surface area contributed by atoms with Crippen LogP contribution < -0.4 is 4.74 Å². The van der Waals surface area contributed by atoms with E-state index in [-0.39, 0.29) is 11.3 Å². The molecule has 0 amide bonds. The maximum Gasteiger partial charge on any atom is 0.201 e. The van der Waals surface area contributed by atoms with E-state index in [2.05, 4.69) is 6.08 Å². The Kier molecular flexibility index (Phi) is 4.72. The maximum absolute atomic E-state index is 14.2. The third-order valence-corrected chi connectivity index (χ3v) is 3.82. The lowest BCUT2D eigenvalue weighted by Crippen LogP contribution is -2.04. The first-order valence-corrected chi connectivity index (χ1v) is 7.69. The van der Waals surface area contributed by atoms with Crippen LogP contribution in [0.5, 0.6) is 5.75 Å². The summed E-state index contributed by atoms with van der Waals surface area (Å²) in [7, 11) is 0. The summed E-state index contributed by atoms with van der Waals surface area (Å²) in [6.45, 7) is 3.36. The van der Waals surface area contributed by atoms with Gasteiger partial charge >= 0.3 is 0 Å². The molecule has 0 spiro atoms. The van der Waals surface area contributed by atoms with Gasteiger partial charge in [0.25, 0.3) is 0 Å². The van der Waals surface area contributed by atoms with Crippen molar-refractivity contribution in [3.8, 4) is 16.9 Å². The summed E-state index contributed by atoms with van der Waals surface area (Å²) < 4.78 is 38.7. The van der Waals surface area contributed by atoms with Gasteiger partial charge in [-0.25, -0.2) is 4.39 Å². The van der Waals surface area contributed by atoms with Gasteiger partial charge in [-0.3, -0.25) is 0 Å². The van der Waals surface area contributed by atoms with E-state index in [1.54, 1.807) is 25.1 Å². The first-order valence-electron chi connectivity index (χ1n) is 7.69. The molecule has 4 heteroatoms. The smallest absolute Gasteiger partial charge is 0.201 e. The topological polar surface area (TPSA) is 18.5 Å². The van der Waals surface area contributed by atoms with Gasteiger partial charge < -0.3 is 9.47 Å². The Hall–Kier alpha value is -2.20. The first kappa shape index (κ1) is 15.7. The summed E-state index contributed by atoms with van der Waals surface area (Å²) in [4.78, 5) is 0. The van der Waals surface area contributed by atoms with Gasteiger partial charge in [0.2, 0.25) is 5.82 Å². The molecule has 2 aromatic carbocycles. The minimum atomic E-state index is -0.947. The van der Waals surface area contributed by atoms with Gasteiger partial charge in [0, 0.05) is 5.56 Å². The molecule has 0 radical (unpaired) electrons. The fraction of sp³-hybridized carbons (Fsp3) is 0.263. The fourth-order valence-electron chi connectivity index (χ4n) is 2.64. The zero-order chi connectivity index (χ0) is 16.2. The molecule has 23 heavy (non-hydrogen) atoms. The minimum Gasteiger partial charge on any atom is -0.491 e. The van der Waals surface area contributed by atoms with Crippen molar-refractivity contribution in [2.75, 3.05) is 19.8 Å². The molecular formula is C19H18F2O2. The number of hydrogen-bond acceptors (Lipinski definition) is 2. The normalized spacial score (nSPS) is 14.5. The third kappa shape index (κ3) is 3.27. The predicted octanol–water partition coefficient (Wildman–Crippen LogP) is 4.83. The summed E-state index contributed by atoms with van der Waals surface area (Å²) in [6, 6.07) is 10.4. The second kappa shape index (κ2) is 6.92. The highest BCUT2D eigenvalue weighted by Gasteiger charge is 2.16. The summed E-state index contributed by atoms with van der Waals surface area (Å²) in [5.74, 6) is -1.89. The van der Waals surface area contributed by atoms with E-state index in [1.165, 1.54) is 6.07 Å². The first-order chi connectivity index (χ1) is 11.2. The molecule has 0 atom stereocenters. The molecule has 0 saturated carbocycles. The van der Waals surface area contributed by atoms with E-state index < -0.39 is 11.6 Å². The minimum absolute atomic E-state index is 0.0603. The molecule has 1 heterocycles. The molecule has 3 rings (SSSR count). The standard InChI is InChI=1S/C19H18F2O2/c1-2-23-17-10-9-16(18(20)19(17)21)14-7-5-13(6-8-14)15-4-3-11-22-12-15/h4-10H,2-3,11-12H2,1H3. The van der Waals surface area contributed by atoms with Gasteiger partial charge in [-0.15, -0.1) is 0 Å². The fourth-order valence-corrected chi connectivity index (χ4v) is 2.64. The van der Waals surface area contributed by atoms with Gasteiger partial charge in [0.05, 0.1) is 19.8 Å². The van der Waals surface area contributed by atoms with Crippen LogP contribution in [0.15, 0.2) is 42.5 Å². The van der Waals surface area contributed by atoms with Crippen LogP contribution in [0.1, 0.15) is 18.9 Å². The highest BCUT2D eigenvalue weighted by Crippen LogP contribution is 2.31. The quantitative estimate of drug-likeness (QED) is 0.804. The molecule has 0 fully saturated rings. The SMILES string of the molecule is CCOc1ccc(-c2ccc(C3=CCCOC3)cc2)c(F)c1F. The van der Waals surface area contributed by atoms with Gasteiger partial charge in [-0.1, -0.05) is 30.3 Å². The van der Waals surface area contributed by atoms with Gasteiger partial charge in [0.15, 0.2) is 11.6 Å². The lowest BCUT2D eigenvalue weighted by Gasteiger charge is -2.14. The number of hydrogen-bond donors (Lipinski definition) is 0. The van der Waals surface area contributed by atoms with Crippen molar-refractivity contribution < 1.29 is 18.3 Å².